The molecule has 0 spiro atoms. The number of methoxy groups -OCH3 is 1. The lowest BCUT2D eigenvalue weighted by Gasteiger charge is -2.41. The minimum absolute atomic E-state index is 0.114. The molecule has 1 amide bonds. The van der Waals surface area contributed by atoms with E-state index in [1.807, 2.05) is 25.1 Å². The van der Waals surface area contributed by atoms with Gasteiger partial charge >= 0.3 is 0 Å². The zero-order chi connectivity index (χ0) is 21.4. The average molecular weight is 409 g/mol. The summed E-state index contributed by atoms with van der Waals surface area (Å²) >= 11 is 0. The third-order valence-corrected chi connectivity index (χ3v) is 5.97. The van der Waals surface area contributed by atoms with Crippen molar-refractivity contribution in [2.45, 2.75) is 44.1 Å². The number of rotatable bonds is 7. The quantitative estimate of drug-likeness (QED) is 0.418. The Bertz CT molecular complexity index is 845. The molecule has 160 valence electrons. The van der Waals surface area contributed by atoms with Gasteiger partial charge in [0.2, 0.25) is 0 Å². The number of hydrogen-bond acceptors (Lipinski definition) is 3. The molecular formula is C24H32N4O2. The Morgan fingerprint density at radius 3 is 2.40 bits per heavy atom. The molecule has 1 aliphatic rings. The molecule has 3 rings (SSSR count). The lowest BCUT2D eigenvalue weighted by atomic mass is 9.68. The lowest BCUT2D eigenvalue weighted by molar-refractivity contribution is 0.0932. The Balaban J connectivity index is 1.71. The standard InChI is InChI=1S/C24H32N4O2/c1-3-26-23(25)28-19-13-15-24(16-14-19,18-9-5-4-6-10-18)17-27-22(29)20-11-7-8-12-21(20)30-2/h4-12,19H,3,13-17H2,1-2H3,(H,27,29)(H3,25,26,28). The van der Waals surface area contributed by atoms with Crippen LogP contribution in [0.4, 0.5) is 0 Å². The third-order valence-electron chi connectivity index (χ3n) is 5.97. The highest BCUT2D eigenvalue weighted by Gasteiger charge is 2.37. The number of benzene rings is 2. The molecule has 0 aliphatic heterocycles. The molecule has 6 heteroatoms. The van der Waals surface area contributed by atoms with E-state index in [0.29, 0.717) is 23.8 Å². The van der Waals surface area contributed by atoms with Crippen LogP contribution in [0, 0.1) is 5.41 Å². The van der Waals surface area contributed by atoms with Crippen molar-refractivity contribution in [1.29, 1.82) is 5.41 Å². The number of carbonyl (C=O) groups excluding carboxylic acids is 1. The van der Waals surface area contributed by atoms with Gasteiger partial charge in [0.05, 0.1) is 12.7 Å². The number of ether oxygens (including phenoxy) is 1. The molecule has 1 saturated carbocycles. The first-order chi connectivity index (χ1) is 14.6. The van der Waals surface area contributed by atoms with Crippen LogP contribution in [0.5, 0.6) is 5.75 Å². The van der Waals surface area contributed by atoms with Crippen LogP contribution in [0.2, 0.25) is 0 Å². The Labute approximate surface area is 178 Å². The van der Waals surface area contributed by atoms with E-state index in [1.54, 1.807) is 19.2 Å². The summed E-state index contributed by atoms with van der Waals surface area (Å²) in [5.74, 6) is 0.856. The minimum atomic E-state index is -0.114. The van der Waals surface area contributed by atoms with Crippen LogP contribution in [0.1, 0.15) is 48.5 Å². The van der Waals surface area contributed by atoms with Gasteiger partial charge in [-0.05, 0) is 50.3 Å². The van der Waals surface area contributed by atoms with Crippen LogP contribution in [0.25, 0.3) is 0 Å². The van der Waals surface area contributed by atoms with Crippen LogP contribution >= 0.6 is 0 Å². The molecule has 0 aromatic heterocycles. The molecule has 0 saturated heterocycles. The van der Waals surface area contributed by atoms with E-state index >= 15 is 0 Å². The minimum Gasteiger partial charge on any atom is -0.496 e. The van der Waals surface area contributed by atoms with Crippen LogP contribution in [-0.4, -0.2) is 38.1 Å². The number of hydrogen-bond donors (Lipinski definition) is 4. The van der Waals surface area contributed by atoms with Crippen molar-refractivity contribution in [2.75, 3.05) is 20.2 Å². The molecule has 0 bridgehead atoms. The highest BCUT2D eigenvalue weighted by molar-refractivity contribution is 5.97. The summed E-state index contributed by atoms with van der Waals surface area (Å²) in [4.78, 5) is 12.9. The van der Waals surface area contributed by atoms with Crippen LogP contribution in [0.15, 0.2) is 54.6 Å². The number of para-hydroxylation sites is 1. The highest BCUT2D eigenvalue weighted by Crippen LogP contribution is 2.39. The first kappa shape index (κ1) is 21.7. The predicted molar refractivity (Wildman–Crippen MR) is 120 cm³/mol. The third kappa shape index (κ3) is 5.12. The summed E-state index contributed by atoms with van der Waals surface area (Å²) in [7, 11) is 1.58. The van der Waals surface area contributed by atoms with Crippen molar-refractivity contribution in [2.24, 2.45) is 0 Å². The van der Waals surface area contributed by atoms with E-state index in [2.05, 4.69) is 40.2 Å². The van der Waals surface area contributed by atoms with Gasteiger partial charge in [0.25, 0.3) is 5.91 Å². The largest absolute Gasteiger partial charge is 0.496 e. The smallest absolute Gasteiger partial charge is 0.255 e. The fourth-order valence-corrected chi connectivity index (χ4v) is 4.28. The molecule has 0 heterocycles. The van der Waals surface area contributed by atoms with Crippen molar-refractivity contribution in [3.05, 3.63) is 65.7 Å². The second kappa shape index (κ2) is 10.1. The number of amides is 1. The van der Waals surface area contributed by atoms with Gasteiger partial charge in [0.1, 0.15) is 5.75 Å². The van der Waals surface area contributed by atoms with Gasteiger partial charge in [-0.2, -0.15) is 0 Å². The van der Waals surface area contributed by atoms with E-state index < -0.39 is 0 Å². The van der Waals surface area contributed by atoms with E-state index in [0.717, 1.165) is 32.2 Å². The van der Waals surface area contributed by atoms with Gasteiger partial charge in [0.15, 0.2) is 5.96 Å². The molecular weight excluding hydrogens is 376 g/mol. The predicted octanol–water partition coefficient (Wildman–Crippen LogP) is 3.44. The van der Waals surface area contributed by atoms with Crippen molar-refractivity contribution < 1.29 is 9.53 Å². The summed E-state index contributed by atoms with van der Waals surface area (Å²) in [5.41, 5.74) is 1.69. The maximum atomic E-state index is 12.9. The topological polar surface area (TPSA) is 86.2 Å². The lowest BCUT2D eigenvalue weighted by Crippen LogP contribution is -2.49. The SMILES string of the molecule is CCNC(=N)NC1CCC(CNC(=O)c2ccccc2OC)(c2ccccc2)CC1. The monoisotopic (exact) mass is 408 g/mol. The summed E-state index contributed by atoms with van der Waals surface area (Å²) < 4.78 is 5.34. The van der Waals surface area contributed by atoms with Gasteiger partial charge in [-0.3, -0.25) is 10.2 Å². The van der Waals surface area contributed by atoms with E-state index in [1.165, 1.54) is 5.56 Å². The number of guanidine groups is 1. The maximum absolute atomic E-state index is 12.9. The zero-order valence-electron chi connectivity index (χ0n) is 17.8. The maximum Gasteiger partial charge on any atom is 0.255 e. The summed E-state index contributed by atoms with van der Waals surface area (Å²) in [6.45, 7) is 3.30. The highest BCUT2D eigenvalue weighted by atomic mass is 16.5. The number of nitrogens with one attached hydrogen (secondary N) is 4. The molecule has 2 aromatic rings. The Hall–Kier alpha value is -3.02. The molecule has 30 heavy (non-hydrogen) atoms. The summed E-state index contributed by atoms with van der Waals surface area (Å²) in [5, 5.41) is 17.4. The fraction of sp³-hybridized carbons (Fsp3) is 0.417. The van der Waals surface area contributed by atoms with Gasteiger partial charge in [-0.25, -0.2) is 0 Å². The van der Waals surface area contributed by atoms with Crippen LogP contribution < -0.4 is 20.7 Å². The van der Waals surface area contributed by atoms with E-state index in [9.17, 15) is 4.79 Å². The first-order valence-electron chi connectivity index (χ1n) is 10.6. The van der Waals surface area contributed by atoms with Crippen LogP contribution in [0.3, 0.4) is 0 Å². The number of carbonyl (C=O) groups is 1. The molecule has 0 atom stereocenters. The van der Waals surface area contributed by atoms with Gasteiger partial charge in [-0.15, -0.1) is 0 Å². The average Bonchev–Trinajstić information content (AvgIpc) is 2.79. The van der Waals surface area contributed by atoms with Gasteiger partial charge < -0.3 is 20.7 Å². The summed E-state index contributed by atoms with van der Waals surface area (Å²) in [6, 6.07) is 18.0. The Morgan fingerprint density at radius 2 is 1.73 bits per heavy atom. The van der Waals surface area contributed by atoms with Crippen molar-refractivity contribution >= 4 is 11.9 Å². The molecule has 0 unspecified atom stereocenters. The fourth-order valence-electron chi connectivity index (χ4n) is 4.28. The first-order valence-corrected chi connectivity index (χ1v) is 10.6. The van der Waals surface area contributed by atoms with Crippen molar-refractivity contribution in [3.8, 4) is 5.75 Å². The summed E-state index contributed by atoms with van der Waals surface area (Å²) in [6.07, 6.45) is 3.79. The van der Waals surface area contributed by atoms with Gasteiger partial charge in [0, 0.05) is 24.5 Å². The molecule has 6 nitrogen and oxygen atoms in total. The molecule has 2 aromatic carbocycles. The Kier molecular flexibility index (Phi) is 7.33. The van der Waals surface area contributed by atoms with Crippen molar-refractivity contribution in [1.82, 2.24) is 16.0 Å². The zero-order valence-corrected chi connectivity index (χ0v) is 17.8. The Morgan fingerprint density at radius 1 is 1.07 bits per heavy atom. The van der Waals surface area contributed by atoms with Gasteiger partial charge in [-0.1, -0.05) is 42.5 Å². The van der Waals surface area contributed by atoms with Crippen LogP contribution in [-0.2, 0) is 5.41 Å². The van der Waals surface area contributed by atoms with E-state index in [-0.39, 0.29) is 17.4 Å². The molecule has 4 N–H and O–H groups in total. The molecule has 1 aliphatic carbocycles. The second-order valence-corrected chi connectivity index (χ2v) is 7.85. The van der Waals surface area contributed by atoms with E-state index in [4.69, 9.17) is 10.1 Å². The van der Waals surface area contributed by atoms with Crippen molar-refractivity contribution in [3.63, 3.8) is 0 Å². The molecule has 1 fully saturated rings. The molecule has 0 radical (unpaired) electrons. The normalized spacial score (nSPS) is 20.8. The second-order valence-electron chi connectivity index (χ2n) is 7.85.